The molecule has 0 amide bonds. The van der Waals surface area contributed by atoms with Crippen molar-refractivity contribution in [3.8, 4) is 11.5 Å². The van der Waals surface area contributed by atoms with E-state index in [1.807, 2.05) is 6.07 Å². The highest BCUT2D eigenvalue weighted by Gasteiger charge is 2.13. The van der Waals surface area contributed by atoms with Crippen LogP contribution in [0.1, 0.15) is 11.1 Å². The molecule has 5 heteroatoms. The zero-order valence-corrected chi connectivity index (χ0v) is 11.0. The van der Waals surface area contributed by atoms with Crippen molar-refractivity contribution in [2.45, 2.75) is 13.2 Å². The van der Waals surface area contributed by atoms with Crippen LogP contribution in [0.2, 0.25) is 0 Å². The summed E-state index contributed by atoms with van der Waals surface area (Å²) in [5.41, 5.74) is 6.58. The Morgan fingerprint density at radius 1 is 1.05 bits per heavy atom. The number of methoxy groups -OCH3 is 1. The van der Waals surface area contributed by atoms with Crippen LogP contribution < -0.4 is 10.5 Å². The van der Waals surface area contributed by atoms with Crippen molar-refractivity contribution in [3.05, 3.63) is 59.2 Å². The van der Waals surface area contributed by atoms with Gasteiger partial charge in [0.1, 0.15) is 5.75 Å². The molecule has 0 heterocycles. The molecule has 20 heavy (non-hydrogen) atoms. The lowest BCUT2D eigenvalue weighted by molar-refractivity contribution is 0.184. The maximum Gasteiger partial charge on any atom is 0.198 e. The van der Waals surface area contributed by atoms with E-state index < -0.39 is 17.4 Å². The summed E-state index contributed by atoms with van der Waals surface area (Å²) in [5, 5.41) is 0. The molecular weight excluding hydrogens is 264 g/mol. The number of nitrogens with two attached hydrogens (primary N) is 1. The van der Waals surface area contributed by atoms with Crippen LogP contribution in [0.15, 0.2) is 36.4 Å². The average molecular weight is 279 g/mol. The van der Waals surface area contributed by atoms with E-state index in [1.54, 1.807) is 25.3 Å². The Morgan fingerprint density at radius 2 is 1.75 bits per heavy atom. The zero-order valence-electron chi connectivity index (χ0n) is 11.0. The predicted octanol–water partition coefficient (Wildman–Crippen LogP) is 3.36. The fraction of sp³-hybridized carbons (Fsp3) is 0.200. The van der Waals surface area contributed by atoms with Gasteiger partial charge in [-0.25, -0.2) is 8.78 Å². The third-order valence-electron chi connectivity index (χ3n) is 2.72. The van der Waals surface area contributed by atoms with E-state index in [0.717, 1.165) is 17.7 Å². The van der Waals surface area contributed by atoms with Gasteiger partial charge in [0.2, 0.25) is 0 Å². The number of benzene rings is 2. The van der Waals surface area contributed by atoms with Gasteiger partial charge in [0.25, 0.3) is 0 Å². The van der Waals surface area contributed by atoms with E-state index in [1.165, 1.54) is 0 Å². The first-order valence-corrected chi connectivity index (χ1v) is 6.07. The Kier molecular flexibility index (Phi) is 4.65. The summed E-state index contributed by atoms with van der Waals surface area (Å²) in [6, 6.07) is 9.18. The highest BCUT2D eigenvalue weighted by Crippen LogP contribution is 2.29. The molecule has 0 atom stereocenters. The van der Waals surface area contributed by atoms with Crippen molar-refractivity contribution in [1.29, 1.82) is 0 Å². The molecule has 0 aliphatic heterocycles. The van der Waals surface area contributed by atoms with Crippen molar-refractivity contribution in [1.82, 2.24) is 0 Å². The molecule has 0 radical (unpaired) electrons. The van der Waals surface area contributed by atoms with Gasteiger partial charge in [-0.05, 0) is 35.4 Å². The smallest absolute Gasteiger partial charge is 0.198 e. The Morgan fingerprint density at radius 3 is 2.35 bits per heavy atom. The van der Waals surface area contributed by atoms with E-state index >= 15 is 0 Å². The van der Waals surface area contributed by atoms with Gasteiger partial charge in [-0.1, -0.05) is 12.1 Å². The van der Waals surface area contributed by atoms with Crippen LogP contribution in [-0.4, -0.2) is 7.11 Å². The van der Waals surface area contributed by atoms with E-state index in [2.05, 4.69) is 0 Å². The summed E-state index contributed by atoms with van der Waals surface area (Å²) >= 11 is 0. The van der Waals surface area contributed by atoms with Gasteiger partial charge in [-0.15, -0.1) is 0 Å². The Bertz CT molecular complexity index is 579. The molecule has 0 fully saturated rings. The maximum absolute atomic E-state index is 13.8. The van der Waals surface area contributed by atoms with Gasteiger partial charge < -0.3 is 15.2 Å². The molecule has 0 unspecified atom stereocenters. The SMILES string of the molecule is COCc1cccc(Oc2c(F)cc(CN)cc2F)c1. The van der Waals surface area contributed by atoms with Crippen LogP contribution in [0.5, 0.6) is 11.5 Å². The maximum atomic E-state index is 13.8. The van der Waals surface area contributed by atoms with Gasteiger partial charge in [0.15, 0.2) is 17.4 Å². The van der Waals surface area contributed by atoms with Crippen LogP contribution in [0.3, 0.4) is 0 Å². The molecule has 3 nitrogen and oxygen atoms in total. The molecule has 0 aliphatic carbocycles. The summed E-state index contributed by atoms with van der Waals surface area (Å²) in [5.74, 6) is -1.64. The second-order valence-electron chi connectivity index (χ2n) is 4.28. The minimum atomic E-state index is -0.775. The van der Waals surface area contributed by atoms with Gasteiger partial charge in [-0.3, -0.25) is 0 Å². The van der Waals surface area contributed by atoms with Crippen molar-refractivity contribution >= 4 is 0 Å². The van der Waals surface area contributed by atoms with Crippen LogP contribution >= 0.6 is 0 Å². The van der Waals surface area contributed by atoms with Crippen molar-refractivity contribution in [3.63, 3.8) is 0 Å². The lowest BCUT2D eigenvalue weighted by Crippen LogP contribution is -2.00. The quantitative estimate of drug-likeness (QED) is 0.912. The molecule has 2 aromatic rings. The van der Waals surface area contributed by atoms with Crippen LogP contribution in [0.4, 0.5) is 8.78 Å². The molecule has 106 valence electrons. The minimum absolute atomic E-state index is 0.0669. The molecule has 2 N–H and O–H groups in total. The Balaban J connectivity index is 2.28. The zero-order chi connectivity index (χ0) is 14.5. The first kappa shape index (κ1) is 14.4. The standard InChI is InChI=1S/C15H15F2NO2/c1-19-9-10-3-2-4-12(5-10)20-15-13(16)6-11(8-18)7-14(15)17/h2-7H,8-9,18H2,1H3. The van der Waals surface area contributed by atoms with Gasteiger partial charge in [0.05, 0.1) is 6.61 Å². The van der Waals surface area contributed by atoms with Gasteiger partial charge in [0, 0.05) is 13.7 Å². The lowest BCUT2D eigenvalue weighted by atomic mass is 10.2. The number of halogens is 2. The second kappa shape index (κ2) is 6.45. The summed E-state index contributed by atoms with van der Waals surface area (Å²) in [4.78, 5) is 0. The molecule has 0 bridgehead atoms. The lowest BCUT2D eigenvalue weighted by Gasteiger charge is -2.10. The highest BCUT2D eigenvalue weighted by atomic mass is 19.1. The summed E-state index contributed by atoms with van der Waals surface area (Å²) in [7, 11) is 1.57. The fourth-order valence-corrected chi connectivity index (χ4v) is 1.81. The average Bonchev–Trinajstić information content (AvgIpc) is 2.43. The third kappa shape index (κ3) is 3.31. The summed E-state index contributed by atoms with van der Waals surface area (Å²) in [6.45, 7) is 0.464. The van der Waals surface area contributed by atoms with E-state index in [0.29, 0.717) is 17.9 Å². The molecule has 2 aromatic carbocycles. The molecule has 0 aromatic heterocycles. The first-order valence-electron chi connectivity index (χ1n) is 6.07. The molecule has 0 saturated carbocycles. The fourth-order valence-electron chi connectivity index (χ4n) is 1.81. The number of ether oxygens (including phenoxy) is 2. The van der Waals surface area contributed by atoms with Crippen LogP contribution in [0, 0.1) is 11.6 Å². The van der Waals surface area contributed by atoms with Gasteiger partial charge >= 0.3 is 0 Å². The van der Waals surface area contributed by atoms with Crippen molar-refractivity contribution in [2.24, 2.45) is 5.73 Å². The predicted molar refractivity (Wildman–Crippen MR) is 71.5 cm³/mol. The molecule has 2 rings (SSSR count). The third-order valence-corrected chi connectivity index (χ3v) is 2.72. The normalized spacial score (nSPS) is 10.6. The molecule has 0 spiro atoms. The summed E-state index contributed by atoms with van der Waals surface area (Å²) in [6.07, 6.45) is 0. The van der Waals surface area contributed by atoms with Crippen LogP contribution in [0.25, 0.3) is 0 Å². The number of hydrogen-bond donors (Lipinski definition) is 1. The number of rotatable bonds is 5. The Hall–Kier alpha value is -1.98. The van der Waals surface area contributed by atoms with E-state index in [9.17, 15) is 8.78 Å². The first-order chi connectivity index (χ1) is 9.63. The Labute approximate surface area is 115 Å². The summed E-state index contributed by atoms with van der Waals surface area (Å²) < 4.78 is 37.8. The van der Waals surface area contributed by atoms with Crippen molar-refractivity contribution < 1.29 is 18.3 Å². The van der Waals surface area contributed by atoms with Crippen LogP contribution in [-0.2, 0) is 17.9 Å². The monoisotopic (exact) mass is 279 g/mol. The molecular formula is C15H15F2NO2. The van der Waals surface area contributed by atoms with Gasteiger partial charge in [-0.2, -0.15) is 0 Å². The van der Waals surface area contributed by atoms with E-state index in [4.69, 9.17) is 15.2 Å². The second-order valence-corrected chi connectivity index (χ2v) is 4.28. The molecule has 0 saturated heterocycles. The minimum Gasteiger partial charge on any atom is -0.451 e. The van der Waals surface area contributed by atoms with Crippen molar-refractivity contribution in [2.75, 3.05) is 7.11 Å². The number of hydrogen-bond acceptors (Lipinski definition) is 3. The largest absolute Gasteiger partial charge is 0.451 e. The van der Waals surface area contributed by atoms with E-state index in [-0.39, 0.29) is 6.54 Å². The molecule has 0 aliphatic rings. The highest BCUT2D eigenvalue weighted by molar-refractivity contribution is 5.37. The topological polar surface area (TPSA) is 44.5 Å².